The minimum Gasteiger partial charge on any atom is -0.327 e. The summed E-state index contributed by atoms with van der Waals surface area (Å²) in [7, 11) is 0. The summed E-state index contributed by atoms with van der Waals surface area (Å²) in [6.07, 6.45) is 5.35. The first-order valence-corrected chi connectivity index (χ1v) is 6.64. The number of nitrogens with zero attached hydrogens (tertiary/aromatic N) is 1. The second-order valence-electron chi connectivity index (χ2n) is 5.86. The van der Waals surface area contributed by atoms with Crippen molar-refractivity contribution in [1.29, 1.82) is 0 Å². The molecule has 1 saturated carbocycles. The van der Waals surface area contributed by atoms with Gasteiger partial charge in [0.25, 0.3) is 0 Å². The fraction of sp³-hybridized carbons (Fsp3) is 1.00. The van der Waals surface area contributed by atoms with E-state index in [9.17, 15) is 0 Å². The van der Waals surface area contributed by atoms with Crippen molar-refractivity contribution in [3.63, 3.8) is 0 Å². The number of hydrogen-bond donors (Lipinski definition) is 1. The van der Waals surface area contributed by atoms with Gasteiger partial charge in [0.2, 0.25) is 0 Å². The van der Waals surface area contributed by atoms with Gasteiger partial charge in [-0.1, -0.05) is 20.3 Å². The van der Waals surface area contributed by atoms with E-state index in [-0.39, 0.29) is 0 Å². The van der Waals surface area contributed by atoms with E-state index in [2.05, 4.69) is 18.7 Å². The molecule has 1 heterocycles. The molecule has 2 aliphatic rings. The Morgan fingerprint density at radius 2 is 1.93 bits per heavy atom. The Morgan fingerprint density at radius 1 is 1.13 bits per heavy atom. The molecule has 4 atom stereocenters. The zero-order valence-electron chi connectivity index (χ0n) is 10.3. The summed E-state index contributed by atoms with van der Waals surface area (Å²) in [5.41, 5.74) is 6.13. The largest absolute Gasteiger partial charge is 0.327 e. The average Bonchev–Trinajstić information content (AvgIpc) is 2.59. The topological polar surface area (TPSA) is 29.3 Å². The second kappa shape index (κ2) is 4.84. The van der Waals surface area contributed by atoms with Gasteiger partial charge >= 0.3 is 0 Å². The summed E-state index contributed by atoms with van der Waals surface area (Å²) in [6.45, 7) is 8.64. The predicted octanol–water partition coefficient (Wildman–Crippen LogP) is 2.09. The zero-order chi connectivity index (χ0) is 10.8. The fourth-order valence-electron chi connectivity index (χ4n) is 3.14. The summed E-state index contributed by atoms with van der Waals surface area (Å²) in [6, 6.07) is 0.486. The minimum atomic E-state index is 0.486. The predicted molar refractivity (Wildman–Crippen MR) is 64.7 cm³/mol. The maximum atomic E-state index is 6.13. The van der Waals surface area contributed by atoms with Gasteiger partial charge in [-0.2, -0.15) is 0 Å². The van der Waals surface area contributed by atoms with Crippen LogP contribution in [0.15, 0.2) is 0 Å². The van der Waals surface area contributed by atoms with Gasteiger partial charge in [-0.05, 0) is 43.6 Å². The molecule has 0 aromatic rings. The summed E-state index contributed by atoms with van der Waals surface area (Å²) in [5, 5.41) is 0. The lowest BCUT2D eigenvalue weighted by molar-refractivity contribution is 0.118. The van der Waals surface area contributed by atoms with E-state index in [0.29, 0.717) is 6.04 Å². The average molecular weight is 210 g/mol. The fourth-order valence-corrected chi connectivity index (χ4v) is 3.14. The lowest BCUT2D eigenvalue weighted by Crippen LogP contribution is -2.43. The molecule has 2 fully saturated rings. The van der Waals surface area contributed by atoms with Crippen LogP contribution in [0.4, 0.5) is 0 Å². The Balaban J connectivity index is 1.80. The van der Waals surface area contributed by atoms with Crippen LogP contribution >= 0.6 is 0 Å². The molecule has 2 N–H and O–H groups in total. The van der Waals surface area contributed by atoms with Gasteiger partial charge in [0.05, 0.1) is 0 Å². The molecule has 88 valence electrons. The first-order valence-electron chi connectivity index (χ1n) is 6.64. The van der Waals surface area contributed by atoms with Crippen molar-refractivity contribution in [3.8, 4) is 0 Å². The van der Waals surface area contributed by atoms with Crippen molar-refractivity contribution >= 4 is 0 Å². The van der Waals surface area contributed by atoms with Crippen LogP contribution in [0.1, 0.15) is 39.5 Å². The Kier molecular flexibility index (Phi) is 3.68. The van der Waals surface area contributed by atoms with Crippen molar-refractivity contribution < 1.29 is 0 Å². The van der Waals surface area contributed by atoms with Crippen molar-refractivity contribution in [2.24, 2.45) is 23.5 Å². The number of rotatable bonds is 2. The molecule has 4 unspecified atom stereocenters. The van der Waals surface area contributed by atoms with Gasteiger partial charge < -0.3 is 10.6 Å². The third kappa shape index (κ3) is 2.73. The van der Waals surface area contributed by atoms with Gasteiger partial charge in [0, 0.05) is 19.1 Å². The van der Waals surface area contributed by atoms with E-state index < -0.39 is 0 Å². The highest BCUT2D eigenvalue weighted by molar-refractivity contribution is 4.84. The standard InChI is InChI=1S/C13H26N2/c1-10-6-7-15(8-11(10)2)9-12-4-3-5-13(12)14/h10-13H,3-9,14H2,1-2H3. The third-order valence-corrected chi connectivity index (χ3v) is 4.63. The quantitative estimate of drug-likeness (QED) is 0.756. The number of piperidine rings is 1. The molecule has 1 saturated heterocycles. The molecule has 2 rings (SSSR count). The maximum Gasteiger partial charge on any atom is 0.00793 e. The summed E-state index contributed by atoms with van der Waals surface area (Å²) in [5.74, 6) is 2.57. The minimum absolute atomic E-state index is 0.486. The maximum absolute atomic E-state index is 6.13. The number of hydrogen-bond acceptors (Lipinski definition) is 2. The van der Waals surface area contributed by atoms with Gasteiger partial charge in [-0.25, -0.2) is 0 Å². The Hall–Kier alpha value is -0.0800. The highest BCUT2D eigenvalue weighted by Gasteiger charge is 2.29. The molecular weight excluding hydrogens is 184 g/mol. The SMILES string of the molecule is CC1CCN(CC2CCCC2N)CC1C. The van der Waals surface area contributed by atoms with Crippen molar-refractivity contribution in [2.45, 2.75) is 45.6 Å². The van der Waals surface area contributed by atoms with Crippen molar-refractivity contribution in [2.75, 3.05) is 19.6 Å². The van der Waals surface area contributed by atoms with E-state index in [0.717, 1.165) is 17.8 Å². The van der Waals surface area contributed by atoms with Crippen LogP contribution < -0.4 is 5.73 Å². The van der Waals surface area contributed by atoms with E-state index in [1.165, 1.54) is 45.3 Å². The van der Waals surface area contributed by atoms with E-state index in [1.807, 2.05) is 0 Å². The number of nitrogens with two attached hydrogens (primary N) is 1. The summed E-state index contributed by atoms with van der Waals surface area (Å²) >= 11 is 0. The first kappa shape index (κ1) is 11.4. The Morgan fingerprint density at radius 3 is 2.53 bits per heavy atom. The second-order valence-corrected chi connectivity index (χ2v) is 5.86. The van der Waals surface area contributed by atoms with Crippen LogP contribution in [-0.2, 0) is 0 Å². The molecule has 0 aromatic carbocycles. The van der Waals surface area contributed by atoms with E-state index in [1.54, 1.807) is 0 Å². The van der Waals surface area contributed by atoms with Crippen LogP contribution in [0.5, 0.6) is 0 Å². The molecule has 2 heteroatoms. The van der Waals surface area contributed by atoms with Crippen LogP contribution in [0.3, 0.4) is 0 Å². The molecule has 1 aliphatic carbocycles. The molecule has 15 heavy (non-hydrogen) atoms. The van der Waals surface area contributed by atoms with Crippen LogP contribution in [-0.4, -0.2) is 30.6 Å². The normalized spacial score (nSPS) is 43.4. The van der Waals surface area contributed by atoms with Crippen LogP contribution in [0, 0.1) is 17.8 Å². The number of likely N-dealkylation sites (tertiary alicyclic amines) is 1. The molecule has 1 aliphatic heterocycles. The molecule has 0 spiro atoms. The summed E-state index contributed by atoms with van der Waals surface area (Å²) < 4.78 is 0. The van der Waals surface area contributed by atoms with Crippen molar-refractivity contribution in [3.05, 3.63) is 0 Å². The van der Waals surface area contributed by atoms with E-state index in [4.69, 9.17) is 5.73 Å². The van der Waals surface area contributed by atoms with Crippen LogP contribution in [0.25, 0.3) is 0 Å². The van der Waals surface area contributed by atoms with Gasteiger partial charge in [-0.15, -0.1) is 0 Å². The Bertz CT molecular complexity index is 205. The highest BCUT2D eigenvalue weighted by Crippen LogP contribution is 2.28. The molecule has 2 nitrogen and oxygen atoms in total. The van der Waals surface area contributed by atoms with Gasteiger partial charge in [0.15, 0.2) is 0 Å². The lowest BCUT2D eigenvalue weighted by atomic mass is 9.88. The third-order valence-electron chi connectivity index (χ3n) is 4.63. The molecular formula is C13H26N2. The summed E-state index contributed by atoms with van der Waals surface area (Å²) in [4.78, 5) is 2.65. The monoisotopic (exact) mass is 210 g/mol. The molecule has 0 aromatic heterocycles. The molecule has 0 radical (unpaired) electrons. The van der Waals surface area contributed by atoms with Gasteiger partial charge in [0.1, 0.15) is 0 Å². The van der Waals surface area contributed by atoms with Crippen LogP contribution in [0.2, 0.25) is 0 Å². The highest BCUT2D eigenvalue weighted by atomic mass is 15.1. The molecule has 0 amide bonds. The van der Waals surface area contributed by atoms with Crippen molar-refractivity contribution in [1.82, 2.24) is 4.90 Å². The zero-order valence-corrected chi connectivity index (χ0v) is 10.3. The lowest BCUT2D eigenvalue weighted by Gasteiger charge is -2.37. The smallest absolute Gasteiger partial charge is 0.00793 e. The first-order chi connectivity index (χ1) is 7.16. The Labute approximate surface area is 94.2 Å². The molecule has 0 bridgehead atoms. The van der Waals surface area contributed by atoms with Gasteiger partial charge in [-0.3, -0.25) is 0 Å². The van der Waals surface area contributed by atoms with E-state index >= 15 is 0 Å².